The Bertz CT molecular complexity index is 863. The molecule has 1 aliphatic heterocycles. The number of ether oxygens (including phenoxy) is 3. The number of esters is 1. The maximum Gasteiger partial charge on any atom is 0.303 e. The van der Waals surface area contributed by atoms with Gasteiger partial charge < -0.3 is 39.7 Å². The van der Waals surface area contributed by atoms with Gasteiger partial charge in [0, 0.05) is 12.3 Å². The highest BCUT2D eigenvalue weighted by Gasteiger charge is 2.74. The monoisotopic (exact) mass is 470 g/mol. The SMILES string of the molecule is CC(=O)O[C@H]1[C@H](O[C@]23C=C(C)C4(CC4)[C@](C)(O)[C@H]2C(=O)[C@](C)(CO)C3)O[C@H](CO)[C@@H](O)[C@@H]1O. The minimum atomic E-state index is -1.62. The van der Waals surface area contributed by atoms with Gasteiger partial charge in [-0.05, 0) is 33.1 Å². The molecule has 1 heterocycles. The molecule has 0 aromatic rings. The van der Waals surface area contributed by atoms with E-state index in [9.17, 15) is 35.1 Å². The lowest BCUT2D eigenvalue weighted by Gasteiger charge is -2.52. The summed E-state index contributed by atoms with van der Waals surface area (Å²) >= 11 is 0. The van der Waals surface area contributed by atoms with Crippen LogP contribution >= 0.6 is 0 Å². The summed E-state index contributed by atoms with van der Waals surface area (Å²) in [5.41, 5.74) is -3.83. The number of hydrogen-bond donors (Lipinski definition) is 5. The van der Waals surface area contributed by atoms with Crippen molar-refractivity contribution in [2.24, 2.45) is 16.7 Å². The summed E-state index contributed by atoms with van der Waals surface area (Å²) in [6.45, 7) is 5.12. The molecule has 1 spiro atoms. The van der Waals surface area contributed by atoms with Crippen molar-refractivity contribution >= 4 is 11.8 Å². The smallest absolute Gasteiger partial charge is 0.303 e. The fourth-order valence-corrected chi connectivity index (χ4v) is 6.40. The van der Waals surface area contributed by atoms with Crippen molar-refractivity contribution in [1.82, 2.24) is 0 Å². The number of ketones is 1. The molecule has 4 rings (SSSR count). The molecule has 1 saturated heterocycles. The first-order valence-electron chi connectivity index (χ1n) is 11.3. The summed E-state index contributed by atoms with van der Waals surface area (Å²) in [5, 5.41) is 52.3. The van der Waals surface area contributed by atoms with Gasteiger partial charge in [-0.3, -0.25) is 9.59 Å². The maximum atomic E-state index is 13.6. The van der Waals surface area contributed by atoms with Crippen LogP contribution in [0.2, 0.25) is 0 Å². The Morgan fingerprint density at radius 1 is 1.21 bits per heavy atom. The second kappa shape index (κ2) is 7.81. The summed E-state index contributed by atoms with van der Waals surface area (Å²) < 4.78 is 17.3. The third-order valence-corrected chi connectivity index (χ3v) is 8.32. The van der Waals surface area contributed by atoms with Crippen molar-refractivity contribution in [3.63, 3.8) is 0 Å². The number of Topliss-reactive ketones (excluding diaryl/α,β-unsaturated/α-hetero) is 1. The van der Waals surface area contributed by atoms with Crippen molar-refractivity contribution in [2.45, 2.75) is 88.9 Å². The number of carbonyl (C=O) groups excluding carboxylic acids is 2. The molecule has 3 fully saturated rings. The zero-order valence-electron chi connectivity index (χ0n) is 19.4. The third kappa shape index (κ3) is 3.42. The lowest BCUT2D eigenvalue weighted by atomic mass is 9.61. The fraction of sp³-hybridized carbons (Fsp3) is 0.826. The number of fused-ring (bicyclic) bond motifs is 1. The van der Waals surface area contributed by atoms with Gasteiger partial charge in [0.2, 0.25) is 0 Å². The molecule has 33 heavy (non-hydrogen) atoms. The number of aliphatic hydroxyl groups excluding tert-OH is 4. The van der Waals surface area contributed by atoms with Crippen LogP contribution in [0.15, 0.2) is 11.6 Å². The topological polar surface area (TPSA) is 163 Å². The first-order chi connectivity index (χ1) is 15.3. The second-order valence-electron chi connectivity index (χ2n) is 10.6. The van der Waals surface area contributed by atoms with Crippen molar-refractivity contribution < 1.29 is 49.3 Å². The summed E-state index contributed by atoms with van der Waals surface area (Å²) in [7, 11) is 0. The van der Waals surface area contributed by atoms with Crippen LogP contribution in [0.5, 0.6) is 0 Å². The van der Waals surface area contributed by atoms with Crippen LogP contribution < -0.4 is 0 Å². The Morgan fingerprint density at radius 2 is 1.85 bits per heavy atom. The van der Waals surface area contributed by atoms with Crippen LogP contribution in [0.3, 0.4) is 0 Å². The van der Waals surface area contributed by atoms with E-state index in [4.69, 9.17) is 14.2 Å². The lowest BCUT2D eigenvalue weighted by Crippen LogP contribution is -2.64. The standard InChI is InChI=1S/C23H34O10/c1-11-7-23(33-19-16(31-12(2)26)15(28)14(27)13(8-24)32-19)9-20(3,10-25)18(29)17(23)21(4,30)22(11)5-6-22/h7,13-17,19,24-25,27-28,30H,5-6,8-10H2,1-4H3/t13-,14-,15+,16-,17-,19+,20+,21-,23+/m1/s1. The van der Waals surface area contributed by atoms with Crippen LogP contribution in [-0.2, 0) is 23.8 Å². The molecule has 0 radical (unpaired) electrons. The number of aliphatic hydroxyl groups is 5. The van der Waals surface area contributed by atoms with Crippen LogP contribution in [0.1, 0.15) is 47.0 Å². The van der Waals surface area contributed by atoms with E-state index in [0.717, 1.165) is 12.5 Å². The molecule has 10 nitrogen and oxygen atoms in total. The Labute approximate surface area is 192 Å². The molecule has 0 amide bonds. The summed E-state index contributed by atoms with van der Waals surface area (Å²) in [6, 6.07) is 0. The molecule has 4 aliphatic rings. The van der Waals surface area contributed by atoms with Gasteiger partial charge in [-0.1, -0.05) is 18.6 Å². The minimum Gasteiger partial charge on any atom is -0.454 e. The zero-order chi connectivity index (χ0) is 24.6. The van der Waals surface area contributed by atoms with Gasteiger partial charge in [-0.15, -0.1) is 0 Å². The molecule has 10 heteroatoms. The molecule has 186 valence electrons. The van der Waals surface area contributed by atoms with Gasteiger partial charge in [-0.25, -0.2) is 0 Å². The first-order valence-corrected chi connectivity index (χ1v) is 11.3. The number of rotatable bonds is 5. The van der Waals surface area contributed by atoms with E-state index in [1.165, 1.54) is 0 Å². The van der Waals surface area contributed by atoms with Gasteiger partial charge >= 0.3 is 5.97 Å². The maximum absolute atomic E-state index is 13.6. The summed E-state index contributed by atoms with van der Waals surface area (Å²) in [5.74, 6) is -2.14. The van der Waals surface area contributed by atoms with Crippen molar-refractivity contribution in [3.8, 4) is 0 Å². The Kier molecular flexibility index (Phi) is 5.85. The fourth-order valence-electron chi connectivity index (χ4n) is 6.40. The molecule has 2 saturated carbocycles. The highest BCUT2D eigenvalue weighted by Crippen LogP contribution is 2.69. The highest BCUT2D eigenvalue weighted by atomic mass is 16.7. The predicted octanol–water partition coefficient (Wildman–Crippen LogP) is -0.809. The van der Waals surface area contributed by atoms with E-state index in [2.05, 4.69) is 0 Å². The zero-order valence-corrected chi connectivity index (χ0v) is 19.4. The average molecular weight is 471 g/mol. The molecular weight excluding hydrogens is 436 g/mol. The average Bonchev–Trinajstić information content (AvgIpc) is 3.51. The largest absolute Gasteiger partial charge is 0.454 e. The van der Waals surface area contributed by atoms with Crippen molar-refractivity contribution in [2.75, 3.05) is 13.2 Å². The van der Waals surface area contributed by atoms with E-state index in [0.29, 0.717) is 12.8 Å². The lowest BCUT2D eigenvalue weighted by molar-refractivity contribution is -0.332. The van der Waals surface area contributed by atoms with Crippen LogP contribution in [-0.4, -0.2) is 92.4 Å². The summed E-state index contributed by atoms with van der Waals surface area (Å²) in [6.07, 6.45) is -4.03. The molecule has 0 unspecified atom stereocenters. The molecule has 0 aromatic heterocycles. The van der Waals surface area contributed by atoms with E-state index >= 15 is 0 Å². The molecular formula is C23H34O10. The number of carbonyl (C=O) groups is 2. The van der Waals surface area contributed by atoms with Crippen LogP contribution in [0.4, 0.5) is 0 Å². The normalized spacial score (nSPS) is 48.4. The van der Waals surface area contributed by atoms with E-state index in [1.807, 2.05) is 6.92 Å². The van der Waals surface area contributed by atoms with E-state index in [1.54, 1.807) is 19.9 Å². The van der Waals surface area contributed by atoms with Gasteiger partial charge in [-0.2, -0.15) is 0 Å². The molecule has 0 aromatic carbocycles. The Balaban J connectivity index is 1.80. The third-order valence-electron chi connectivity index (χ3n) is 8.32. The van der Waals surface area contributed by atoms with E-state index < -0.39 is 77.8 Å². The van der Waals surface area contributed by atoms with Crippen LogP contribution in [0, 0.1) is 16.7 Å². The first kappa shape index (κ1) is 24.7. The predicted molar refractivity (Wildman–Crippen MR) is 111 cm³/mol. The van der Waals surface area contributed by atoms with Gasteiger partial charge in [0.1, 0.15) is 29.7 Å². The van der Waals surface area contributed by atoms with Crippen molar-refractivity contribution in [3.05, 3.63) is 11.6 Å². The Hall–Kier alpha value is -1.40. The van der Waals surface area contributed by atoms with Gasteiger partial charge in [0.15, 0.2) is 12.4 Å². The van der Waals surface area contributed by atoms with Crippen molar-refractivity contribution in [1.29, 1.82) is 0 Å². The van der Waals surface area contributed by atoms with Gasteiger partial charge in [0.05, 0.1) is 30.1 Å². The number of hydrogen-bond acceptors (Lipinski definition) is 10. The van der Waals surface area contributed by atoms with E-state index in [-0.39, 0.29) is 12.2 Å². The second-order valence-corrected chi connectivity index (χ2v) is 10.6. The highest BCUT2D eigenvalue weighted by molar-refractivity contribution is 5.93. The molecule has 0 bridgehead atoms. The van der Waals surface area contributed by atoms with Crippen LogP contribution in [0.25, 0.3) is 0 Å². The minimum absolute atomic E-state index is 0.0265. The summed E-state index contributed by atoms with van der Waals surface area (Å²) in [4.78, 5) is 25.3. The Morgan fingerprint density at radius 3 is 2.36 bits per heavy atom. The molecule has 5 N–H and O–H groups in total. The quantitative estimate of drug-likeness (QED) is 0.254. The van der Waals surface area contributed by atoms with Gasteiger partial charge in [0.25, 0.3) is 0 Å². The molecule has 9 atom stereocenters. The molecule has 3 aliphatic carbocycles.